The van der Waals surface area contributed by atoms with Crippen molar-refractivity contribution < 1.29 is 13.2 Å². The van der Waals surface area contributed by atoms with Gasteiger partial charge in [0.1, 0.15) is 17.4 Å². The Bertz CT molecular complexity index is 686. The van der Waals surface area contributed by atoms with Crippen LogP contribution >= 0.6 is 11.3 Å². The van der Waals surface area contributed by atoms with E-state index in [1.807, 2.05) is 11.4 Å². The standard InChI is InChI=1S/C13H18N4O3S2/c1-17(2)22(18,19)15-7-5-11-10-21-13(16-11)9-20-12-4-3-6-14-8-12/h3-4,6,8,10,15H,5,7,9H2,1-2H3. The van der Waals surface area contributed by atoms with Crippen LogP contribution in [0.2, 0.25) is 0 Å². The monoisotopic (exact) mass is 342 g/mol. The van der Waals surface area contributed by atoms with Gasteiger partial charge in [0.05, 0.1) is 11.9 Å². The van der Waals surface area contributed by atoms with Crippen LogP contribution in [0.15, 0.2) is 29.9 Å². The Morgan fingerprint density at radius 3 is 2.91 bits per heavy atom. The van der Waals surface area contributed by atoms with Crippen LogP contribution in [0.4, 0.5) is 0 Å². The van der Waals surface area contributed by atoms with E-state index in [-0.39, 0.29) is 0 Å². The first kappa shape index (κ1) is 16.8. The van der Waals surface area contributed by atoms with Gasteiger partial charge in [0.15, 0.2) is 0 Å². The lowest BCUT2D eigenvalue weighted by molar-refractivity contribution is 0.304. The molecular weight excluding hydrogens is 324 g/mol. The highest BCUT2D eigenvalue weighted by atomic mass is 32.2. The maximum atomic E-state index is 11.6. The maximum absolute atomic E-state index is 11.6. The van der Waals surface area contributed by atoms with Gasteiger partial charge in [-0.05, 0) is 12.1 Å². The van der Waals surface area contributed by atoms with Gasteiger partial charge in [0, 0.05) is 38.6 Å². The van der Waals surface area contributed by atoms with Crippen molar-refractivity contribution in [2.24, 2.45) is 0 Å². The summed E-state index contributed by atoms with van der Waals surface area (Å²) in [6.07, 6.45) is 3.87. The van der Waals surface area contributed by atoms with E-state index in [1.54, 1.807) is 18.5 Å². The second kappa shape index (κ2) is 7.63. The van der Waals surface area contributed by atoms with Crippen molar-refractivity contribution in [2.75, 3.05) is 20.6 Å². The molecule has 0 saturated heterocycles. The van der Waals surface area contributed by atoms with Gasteiger partial charge in [-0.15, -0.1) is 11.3 Å². The fourth-order valence-electron chi connectivity index (χ4n) is 1.54. The van der Waals surface area contributed by atoms with E-state index in [4.69, 9.17) is 4.74 Å². The largest absolute Gasteiger partial charge is 0.485 e. The van der Waals surface area contributed by atoms with Crippen molar-refractivity contribution in [3.05, 3.63) is 40.6 Å². The van der Waals surface area contributed by atoms with Crippen LogP contribution in [-0.4, -0.2) is 43.3 Å². The van der Waals surface area contributed by atoms with E-state index >= 15 is 0 Å². The fourth-order valence-corrected chi connectivity index (χ4v) is 2.90. The number of aromatic nitrogens is 2. The van der Waals surface area contributed by atoms with Crippen molar-refractivity contribution in [1.82, 2.24) is 19.0 Å². The maximum Gasteiger partial charge on any atom is 0.278 e. The molecule has 0 spiro atoms. The van der Waals surface area contributed by atoms with Gasteiger partial charge < -0.3 is 4.74 Å². The van der Waals surface area contributed by atoms with Gasteiger partial charge in [-0.1, -0.05) is 0 Å². The number of nitrogens with one attached hydrogen (secondary N) is 1. The third-order valence-electron chi connectivity index (χ3n) is 2.74. The minimum Gasteiger partial charge on any atom is -0.485 e. The van der Waals surface area contributed by atoms with Crippen LogP contribution in [0.25, 0.3) is 0 Å². The van der Waals surface area contributed by atoms with Gasteiger partial charge in [0.25, 0.3) is 10.2 Å². The molecule has 7 nitrogen and oxygen atoms in total. The van der Waals surface area contributed by atoms with E-state index in [0.717, 1.165) is 15.0 Å². The molecule has 0 saturated carbocycles. The molecule has 0 unspecified atom stereocenters. The highest BCUT2D eigenvalue weighted by molar-refractivity contribution is 7.87. The number of rotatable bonds is 8. The molecule has 1 N–H and O–H groups in total. The SMILES string of the molecule is CN(C)S(=O)(=O)NCCc1csc(COc2cccnc2)n1. The smallest absolute Gasteiger partial charge is 0.278 e. The Morgan fingerprint density at radius 2 is 2.23 bits per heavy atom. The van der Waals surface area contributed by atoms with Gasteiger partial charge in [-0.25, -0.2) is 9.71 Å². The zero-order chi connectivity index (χ0) is 16.0. The van der Waals surface area contributed by atoms with Crippen LogP contribution < -0.4 is 9.46 Å². The van der Waals surface area contributed by atoms with Crippen molar-refractivity contribution in [3.8, 4) is 5.75 Å². The molecular formula is C13H18N4O3S2. The number of hydrogen-bond acceptors (Lipinski definition) is 6. The Hall–Kier alpha value is -1.55. The molecule has 0 aromatic carbocycles. The quantitative estimate of drug-likeness (QED) is 0.775. The predicted molar refractivity (Wildman–Crippen MR) is 85.0 cm³/mol. The average molecular weight is 342 g/mol. The van der Waals surface area contributed by atoms with Crippen LogP contribution in [0.5, 0.6) is 5.75 Å². The third-order valence-corrected chi connectivity index (χ3v) is 5.14. The van der Waals surface area contributed by atoms with E-state index in [0.29, 0.717) is 25.3 Å². The highest BCUT2D eigenvalue weighted by Crippen LogP contribution is 2.14. The summed E-state index contributed by atoms with van der Waals surface area (Å²) in [5.41, 5.74) is 0.844. The topological polar surface area (TPSA) is 84.4 Å². The van der Waals surface area contributed by atoms with Crippen molar-refractivity contribution in [1.29, 1.82) is 0 Å². The molecule has 2 aromatic heterocycles. The molecule has 0 bridgehead atoms. The van der Waals surface area contributed by atoms with Crippen LogP contribution in [0.3, 0.4) is 0 Å². The summed E-state index contributed by atoms with van der Waals surface area (Å²) in [6, 6.07) is 3.64. The summed E-state index contributed by atoms with van der Waals surface area (Å²) in [5.74, 6) is 0.693. The lowest BCUT2D eigenvalue weighted by Gasteiger charge is -2.11. The minimum atomic E-state index is -3.38. The van der Waals surface area contributed by atoms with Gasteiger partial charge >= 0.3 is 0 Å². The molecule has 9 heteroatoms. The molecule has 0 aliphatic carbocycles. The Balaban J connectivity index is 1.79. The molecule has 0 aliphatic rings. The molecule has 120 valence electrons. The number of hydrogen-bond donors (Lipinski definition) is 1. The summed E-state index contributed by atoms with van der Waals surface area (Å²) >= 11 is 1.49. The summed E-state index contributed by atoms with van der Waals surface area (Å²) in [6.45, 7) is 0.687. The minimum absolute atomic E-state index is 0.313. The molecule has 0 amide bonds. The van der Waals surface area contributed by atoms with Gasteiger partial charge in [-0.2, -0.15) is 12.7 Å². The number of ether oxygens (including phenoxy) is 1. The summed E-state index contributed by atoms with van der Waals surface area (Å²) in [4.78, 5) is 8.38. The van der Waals surface area contributed by atoms with E-state index in [9.17, 15) is 8.42 Å². The second-order valence-electron chi connectivity index (χ2n) is 4.64. The van der Waals surface area contributed by atoms with Crippen LogP contribution in [0.1, 0.15) is 10.7 Å². The number of pyridine rings is 1. The van der Waals surface area contributed by atoms with Crippen molar-refractivity contribution in [2.45, 2.75) is 13.0 Å². The van der Waals surface area contributed by atoms with E-state index in [2.05, 4.69) is 14.7 Å². The van der Waals surface area contributed by atoms with E-state index in [1.165, 1.54) is 25.4 Å². The third kappa shape index (κ3) is 5.02. The van der Waals surface area contributed by atoms with Crippen LogP contribution in [0, 0.1) is 0 Å². The molecule has 0 fully saturated rings. The normalized spacial score (nSPS) is 11.8. The molecule has 0 radical (unpaired) electrons. The molecule has 2 heterocycles. The Labute approximate surface area is 134 Å². The second-order valence-corrected chi connectivity index (χ2v) is 7.55. The van der Waals surface area contributed by atoms with Crippen molar-refractivity contribution in [3.63, 3.8) is 0 Å². The molecule has 2 aromatic rings. The molecule has 0 aliphatic heterocycles. The first-order valence-corrected chi connectivity index (χ1v) is 8.92. The van der Waals surface area contributed by atoms with Gasteiger partial charge in [-0.3, -0.25) is 4.98 Å². The fraction of sp³-hybridized carbons (Fsp3) is 0.385. The summed E-state index contributed by atoms with van der Waals surface area (Å²) in [5, 5.41) is 2.75. The molecule has 2 rings (SSSR count). The summed E-state index contributed by atoms with van der Waals surface area (Å²) in [7, 11) is -0.410. The molecule has 22 heavy (non-hydrogen) atoms. The molecule has 0 atom stereocenters. The van der Waals surface area contributed by atoms with Gasteiger partial charge in [0.2, 0.25) is 0 Å². The Morgan fingerprint density at radius 1 is 1.41 bits per heavy atom. The predicted octanol–water partition coefficient (Wildman–Crippen LogP) is 1.06. The zero-order valence-corrected chi connectivity index (χ0v) is 14.0. The number of thiazole rings is 1. The first-order valence-electron chi connectivity index (χ1n) is 6.60. The van der Waals surface area contributed by atoms with Crippen molar-refractivity contribution >= 4 is 21.5 Å². The number of nitrogens with zero attached hydrogens (tertiary/aromatic N) is 3. The van der Waals surface area contributed by atoms with E-state index < -0.39 is 10.2 Å². The van der Waals surface area contributed by atoms with Crippen LogP contribution in [-0.2, 0) is 23.2 Å². The zero-order valence-electron chi connectivity index (χ0n) is 12.4. The lowest BCUT2D eigenvalue weighted by Crippen LogP contribution is -2.36. The Kier molecular flexibility index (Phi) is 5.83. The lowest BCUT2D eigenvalue weighted by atomic mass is 10.3. The highest BCUT2D eigenvalue weighted by Gasteiger charge is 2.12. The first-order chi connectivity index (χ1) is 10.5. The average Bonchev–Trinajstić information content (AvgIpc) is 2.94. The summed E-state index contributed by atoms with van der Waals surface area (Å²) < 4.78 is 32.3.